The van der Waals surface area contributed by atoms with Gasteiger partial charge in [-0.25, -0.2) is 8.96 Å². The first kappa shape index (κ1) is 41.4. The standard InChI is InChI=1S/C35H56FN2O13P/c1-2-25(39)29(41)24(37-28(40)15-9-7-5-3-4-6-8-12-16-34-20-35(36,21-34)22-34)18-46-33-32(44)31(43)30(42)27(49-33)19-47-38-51-52(45)48-17-23-13-10-11-14-26(23)50-52/h10-11,13-14,24-25,27,29-33,38-39,41-44H,2-9,12,15-22H2,1H3,(H,37,40)/t24-,25+,27?,29-,30?,31?,32?,33?,34?,35?,52?/m0/s1. The topological polar surface area (TPSA) is 215 Å². The number of aliphatic hydroxyl groups is 5. The molecule has 1 aromatic carbocycles. The van der Waals surface area contributed by atoms with Crippen LogP contribution < -0.4 is 15.5 Å². The summed E-state index contributed by atoms with van der Waals surface area (Å²) in [6.07, 6.45) is 1.66. The van der Waals surface area contributed by atoms with E-state index in [1.165, 1.54) is 12.8 Å². The monoisotopic (exact) mass is 762 g/mol. The molecule has 0 aromatic heterocycles. The van der Waals surface area contributed by atoms with Gasteiger partial charge in [0.2, 0.25) is 5.91 Å². The molecule has 2 aliphatic heterocycles. The molecule has 6 unspecified atom stereocenters. The fourth-order valence-electron chi connectivity index (χ4n) is 7.62. The Morgan fingerprint density at radius 1 is 1.00 bits per heavy atom. The lowest BCUT2D eigenvalue weighted by Crippen LogP contribution is -2.64. The molecular weight excluding hydrogens is 706 g/mol. The van der Waals surface area contributed by atoms with Gasteiger partial charge in [0.15, 0.2) is 6.29 Å². The molecule has 0 radical (unpaired) electrons. The molecule has 0 spiro atoms. The number of phosphoric ester groups is 1. The highest BCUT2D eigenvalue weighted by atomic mass is 31.2. The number of carbonyl (C=O) groups excluding carboxylic acids is 1. The maximum Gasteiger partial charge on any atom is 0.549 e. The first-order chi connectivity index (χ1) is 24.8. The van der Waals surface area contributed by atoms with E-state index in [-0.39, 0.29) is 25.4 Å². The van der Waals surface area contributed by atoms with Gasteiger partial charge in [0.25, 0.3) is 0 Å². The van der Waals surface area contributed by atoms with E-state index >= 15 is 0 Å². The molecule has 1 aromatic rings. The Bertz CT molecular complexity index is 1330. The number of hydrogen-bond acceptors (Lipinski definition) is 14. The highest BCUT2D eigenvalue weighted by Crippen LogP contribution is 2.71. The largest absolute Gasteiger partial charge is 0.549 e. The van der Waals surface area contributed by atoms with E-state index in [4.69, 9.17) is 28.0 Å². The zero-order valence-electron chi connectivity index (χ0n) is 29.8. The minimum atomic E-state index is -4.08. The molecule has 17 heteroatoms. The van der Waals surface area contributed by atoms with Crippen molar-refractivity contribution < 1.29 is 67.3 Å². The summed E-state index contributed by atoms with van der Waals surface area (Å²) in [4.78, 5) is 17.9. The average Bonchev–Trinajstić information content (AvgIpc) is 3.10. The van der Waals surface area contributed by atoms with Crippen molar-refractivity contribution in [3.63, 3.8) is 0 Å². The number of nitrogens with one attached hydrogen (secondary N) is 2. The minimum absolute atomic E-state index is 0.0268. The second kappa shape index (κ2) is 18.7. The first-order valence-electron chi connectivity index (χ1n) is 18.6. The second-order valence-electron chi connectivity index (χ2n) is 14.9. The number of unbranched alkanes of at least 4 members (excludes halogenated alkanes) is 7. The van der Waals surface area contributed by atoms with Crippen molar-refractivity contribution in [2.24, 2.45) is 5.41 Å². The van der Waals surface area contributed by atoms with Gasteiger partial charge < -0.3 is 44.8 Å². The lowest BCUT2D eigenvalue weighted by atomic mass is 9.41. The Labute approximate surface area is 304 Å². The summed E-state index contributed by atoms with van der Waals surface area (Å²) < 4.78 is 53.1. The zero-order chi connectivity index (χ0) is 37.4. The molecule has 5 aliphatic rings. The third kappa shape index (κ3) is 10.9. The van der Waals surface area contributed by atoms with E-state index in [9.17, 15) is 39.3 Å². The second-order valence-corrected chi connectivity index (χ2v) is 16.4. The Morgan fingerprint density at radius 3 is 2.37 bits per heavy atom. The highest BCUT2D eigenvalue weighted by molar-refractivity contribution is 7.48. The van der Waals surface area contributed by atoms with Crippen LogP contribution in [0.25, 0.3) is 0 Å². The molecule has 3 aliphatic carbocycles. The molecule has 52 heavy (non-hydrogen) atoms. The molecule has 1 amide bonds. The summed E-state index contributed by atoms with van der Waals surface area (Å²) in [5.41, 5.74) is 2.17. The van der Waals surface area contributed by atoms with Gasteiger partial charge in [0.1, 0.15) is 41.9 Å². The van der Waals surface area contributed by atoms with Crippen LogP contribution in [0.2, 0.25) is 0 Å². The van der Waals surface area contributed by atoms with Crippen LogP contribution in [-0.2, 0) is 39.4 Å². The fourth-order valence-corrected chi connectivity index (χ4v) is 8.62. The van der Waals surface area contributed by atoms with Crippen LogP contribution in [0.3, 0.4) is 0 Å². The van der Waals surface area contributed by atoms with Crippen LogP contribution in [0.5, 0.6) is 5.75 Å². The number of aliphatic hydroxyl groups excluding tert-OH is 5. The van der Waals surface area contributed by atoms with Gasteiger partial charge in [-0.1, -0.05) is 75.7 Å². The molecule has 1 saturated heterocycles. The minimum Gasteiger partial charge on any atom is -0.403 e. The molecule has 2 heterocycles. The van der Waals surface area contributed by atoms with Crippen LogP contribution in [0.1, 0.15) is 102 Å². The van der Waals surface area contributed by atoms with Gasteiger partial charge in [-0.3, -0.25) is 14.2 Å². The van der Waals surface area contributed by atoms with E-state index < -0.39 is 75.7 Å². The third-order valence-electron chi connectivity index (χ3n) is 10.6. The Morgan fingerprint density at radius 2 is 1.67 bits per heavy atom. The molecule has 6 rings (SSSR count). The normalized spacial score (nSPS) is 33.9. The number of rotatable bonds is 23. The molecule has 9 atom stereocenters. The Hall–Kier alpha value is -1.79. The maximum atomic E-state index is 13.7. The number of benzene rings is 1. The van der Waals surface area contributed by atoms with Crippen LogP contribution >= 0.6 is 7.82 Å². The number of phosphoric acid groups is 1. The summed E-state index contributed by atoms with van der Waals surface area (Å²) in [6.45, 7) is 0.752. The van der Waals surface area contributed by atoms with E-state index in [1.54, 1.807) is 31.2 Å². The average molecular weight is 763 g/mol. The number of carbonyl (C=O) groups is 1. The lowest BCUT2D eigenvalue weighted by Gasteiger charge is -2.66. The van der Waals surface area contributed by atoms with Crippen LogP contribution in [0.15, 0.2) is 24.3 Å². The molecule has 7 N–H and O–H groups in total. The van der Waals surface area contributed by atoms with E-state index in [2.05, 4.69) is 5.32 Å². The molecule has 296 valence electrons. The Balaban J connectivity index is 0.987. The molecular formula is C35H56FN2O13P. The van der Waals surface area contributed by atoms with Gasteiger partial charge >= 0.3 is 7.82 Å². The SMILES string of the molecule is CC[C@@H](O)[C@@H](O)[C@H](COC1OC(CONOP2(=O)OCc3ccccc3O2)C(O)C(O)C1O)NC(=O)CCCCCCCCCCC12CC(F)(C1)C2. The van der Waals surface area contributed by atoms with Gasteiger partial charge in [-0.2, -0.15) is 4.62 Å². The number of ether oxygens (including phenoxy) is 2. The molecule has 3 saturated carbocycles. The van der Waals surface area contributed by atoms with Crippen molar-refractivity contribution in [3.8, 4) is 5.75 Å². The summed E-state index contributed by atoms with van der Waals surface area (Å²) >= 11 is 0. The summed E-state index contributed by atoms with van der Waals surface area (Å²) in [5.74, 6) is -0.0260. The van der Waals surface area contributed by atoms with Crippen molar-refractivity contribution in [1.29, 1.82) is 0 Å². The van der Waals surface area contributed by atoms with Gasteiger partial charge in [-0.05, 0) is 50.0 Å². The van der Waals surface area contributed by atoms with Crippen LogP contribution in [0, 0.1) is 5.41 Å². The van der Waals surface area contributed by atoms with Crippen molar-refractivity contribution in [1.82, 2.24) is 11.0 Å². The maximum absolute atomic E-state index is 13.7. The summed E-state index contributed by atoms with van der Waals surface area (Å²) in [6, 6.07) is 5.72. The number of amides is 1. The van der Waals surface area contributed by atoms with Gasteiger partial charge in [0.05, 0.1) is 32.0 Å². The first-order valence-corrected chi connectivity index (χ1v) is 20.0. The molecule has 4 fully saturated rings. The van der Waals surface area contributed by atoms with E-state index in [1.807, 2.05) is 5.64 Å². The summed E-state index contributed by atoms with van der Waals surface area (Å²) in [5, 5.41) is 55.3. The smallest absolute Gasteiger partial charge is 0.403 e. The van der Waals surface area contributed by atoms with Crippen molar-refractivity contribution in [3.05, 3.63) is 29.8 Å². The quantitative estimate of drug-likeness (QED) is 0.0484. The van der Waals surface area contributed by atoms with Crippen molar-refractivity contribution >= 4 is 13.7 Å². The van der Waals surface area contributed by atoms with Crippen LogP contribution in [-0.4, -0.2) is 99.3 Å². The summed E-state index contributed by atoms with van der Waals surface area (Å²) in [7, 11) is -4.08. The Kier molecular flexibility index (Phi) is 14.9. The van der Waals surface area contributed by atoms with Crippen molar-refractivity contribution in [2.45, 2.75) is 158 Å². The van der Waals surface area contributed by atoms with Gasteiger partial charge in [-0.15, -0.1) is 0 Å². The van der Waals surface area contributed by atoms with E-state index in [0.717, 1.165) is 57.8 Å². The number of para-hydroxylation sites is 1. The predicted molar refractivity (Wildman–Crippen MR) is 183 cm³/mol. The highest BCUT2D eigenvalue weighted by Gasteiger charge is 2.68. The number of alkyl halides is 1. The molecule has 2 bridgehead atoms. The zero-order valence-corrected chi connectivity index (χ0v) is 30.7. The third-order valence-corrected chi connectivity index (χ3v) is 11.8. The number of hydrogen-bond donors (Lipinski definition) is 7. The number of fused-ring (bicyclic) bond motifs is 1. The van der Waals surface area contributed by atoms with Crippen molar-refractivity contribution in [2.75, 3.05) is 13.2 Å². The lowest BCUT2D eigenvalue weighted by molar-refractivity contribution is -0.311. The fraction of sp³-hybridized carbons (Fsp3) is 0.800. The van der Waals surface area contributed by atoms with Gasteiger partial charge in [0, 0.05) is 12.0 Å². The van der Waals surface area contributed by atoms with Crippen LogP contribution in [0.4, 0.5) is 4.39 Å². The predicted octanol–water partition coefficient (Wildman–Crippen LogP) is 3.39. The molecule has 15 nitrogen and oxygen atoms in total. The van der Waals surface area contributed by atoms with E-state index in [0.29, 0.717) is 23.1 Å². The number of halogens is 1.